The van der Waals surface area contributed by atoms with Crippen molar-refractivity contribution in [2.45, 2.75) is 71.0 Å². The fourth-order valence-corrected chi connectivity index (χ4v) is 8.89. The van der Waals surface area contributed by atoms with Crippen molar-refractivity contribution < 1.29 is 38.1 Å². The summed E-state index contributed by atoms with van der Waals surface area (Å²) >= 11 is 0. The Kier molecular flexibility index (Phi) is 11.8. The van der Waals surface area contributed by atoms with Gasteiger partial charge in [0.05, 0.1) is 43.6 Å². The zero-order chi connectivity index (χ0) is 45.4. The maximum absolute atomic E-state index is 14.0. The fraction of sp³-hybridized carbons (Fsp3) is 0.300. The molecule has 4 atom stereocenters. The molecule has 4 amide bonds. The van der Waals surface area contributed by atoms with Crippen LogP contribution in [0.5, 0.6) is 23.0 Å². The van der Waals surface area contributed by atoms with E-state index in [0.29, 0.717) is 81.8 Å². The average Bonchev–Trinajstić information content (AvgIpc) is 3.80. The van der Waals surface area contributed by atoms with Gasteiger partial charge in [-0.25, -0.2) is 0 Å². The average molecular weight is 877 g/mol. The van der Waals surface area contributed by atoms with Crippen molar-refractivity contribution in [3.8, 4) is 29.1 Å². The van der Waals surface area contributed by atoms with Crippen molar-refractivity contribution in [3.63, 3.8) is 0 Å². The van der Waals surface area contributed by atoms with E-state index in [1.807, 2.05) is 60.4 Å². The molecule has 0 saturated carbocycles. The molecule has 0 bridgehead atoms. The summed E-state index contributed by atoms with van der Waals surface area (Å²) in [6.07, 6.45) is 1.37. The Hall–Kier alpha value is -7.57. The van der Waals surface area contributed by atoms with E-state index in [4.69, 9.17) is 18.9 Å². The minimum absolute atomic E-state index is 0.0246. The lowest BCUT2D eigenvalue weighted by Gasteiger charge is -2.22. The van der Waals surface area contributed by atoms with Crippen LogP contribution in [-0.4, -0.2) is 75.1 Å². The number of hydrogen-bond acceptors (Lipinski definition) is 10. The highest BCUT2D eigenvalue weighted by Gasteiger charge is 2.42. The maximum atomic E-state index is 14.0. The van der Waals surface area contributed by atoms with E-state index in [9.17, 15) is 19.2 Å². The van der Waals surface area contributed by atoms with Crippen LogP contribution >= 0.6 is 0 Å². The zero-order valence-electron chi connectivity index (χ0n) is 36.8. The molecule has 0 unspecified atom stereocenters. The standard InChI is InChI=1S/C50H49N7O8/c1-6-51-28(2)47(58)54-29(3)48(59)55-34-16-30(26-64-45-22-39-37(20-43(45)62-4)49(60)56-35(24-52-39)18-32-11-7-9-13-41(32)56)15-31(17-34)27-65-46-23-40-38(21-44(46)63-5)50(61)57-36(25-53-40)19-33-12-8-10-14-42(33)57/h7-17,20-23,28-29,35-36,51H,6,18-19,24,26-27H2,1-5H3,(H2-,52,54,55,58,59,60)/p+1/t28-,29-,35-,36-/m0/s1. The van der Waals surface area contributed by atoms with Gasteiger partial charge in [-0.05, 0) is 90.3 Å². The monoisotopic (exact) mass is 876 g/mol. The number of hydrogen-bond donors (Lipinski definition) is 4. The van der Waals surface area contributed by atoms with Gasteiger partial charge in [0.2, 0.25) is 11.8 Å². The molecule has 4 heterocycles. The molecule has 0 radical (unpaired) electrons. The third kappa shape index (κ3) is 8.36. The number of amides is 4. The predicted octanol–water partition coefficient (Wildman–Crippen LogP) is 6.85. The lowest BCUT2D eigenvalue weighted by atomic mass is 10.1. The summed E-state index contributed by atoms with van der Waals surface area (Å²) in [5.74, 6) is 0.445. The van der Waals surface area contributed by atoms with Gasteiger partial charge in [0.1, 0.15) is 24.8 Å². The van der Waals surface area contributed by atoms with Crippen LogP contribution in [0.1, 0.15) is 63.7 Å². The maximum Gasteiger partial charge on any atom is 0.357 e. The normalized spacial score (nSPS) is 17.2. The Morgan fingerprint density at radius 2 is 1.37 bits per heavy atom. The number of para-hydroxylation sites is 2. The number of nitrogens with one attached hydrogen (secondary N) is 4. The Morgan fingerprint density at radius 1 is 0.754 bits per heavy atom. The van der Waals surface area contributed by atoms with Crippen LogP contribution in [0.2, 0.25) is 0 Å². The van der Waals surface area contributed by atoms with E-state index in [0.717, 1.165) is 28.9 Å². The quantitative estimate of drug-likeness (QED) is 0.0928. The molecule has 332 valence electrons. The number of ether oxygens (including phenoxy) is 4. The van der Waals surface area contributed by atoms with Crippen LogP contribution in [0.25, 0.3) is 4.85 Å². The summed E-state index contributed by atoms with van der Waals surface area (Å²) < 4.78 is 24.3. The van der Waals surface area contributed by atoms with Crippen LogP contribution in [0, 0.1) is 6.07 Å². The van der Waals surface area contributed by atoms with Crippen LogP contribution in [0.15, 0.2) is 91.0 Å². The minimum Gasteiger partial charge on any atom is -0.493 e. The Bertz CT molecular complexity index is 2800. The SMILES string of the molecule is CCN[C@@H](C)C(=O)N[C@@H](C)C(=O)Nc1cc(COc2cc3c(cc2OC)C(=O)N2c4ccccc4C[C@H]2C#[N+]3)cc(COc2cc3c(cc2OC)C(=O)N2c4ccccc4C[C@H]2CN3)c1. The van der Waals surface area contributed by atoms with Crippen molar-refractivity contribution in [2.24, 2.45) is 0 Å². The molecular weight excluding hydrogens is 827 g/mol. The van der Waals surface area contributed by atoms with Crippen LogP contribution in [-0.2, 0) is 35.6 Å². The first kappa shape index (κ1) is 42.7. The van der Waals surface area contributed by atoms with Crippen molar-refractivity contribution in [3.05, 3.63) is 129 Å². The summed E-state index contributed by atoms with van der Waals surface area (Å²) in [7, 11) is 3.04. The third-order valence-electron chi connectivity index (χ3n) is 12.2. The van der Waals surface area contributed by atoms with Crippen molar-refractivity contribution in [1.29, 1.82) is 0 Å². The first-order valence-electron chi connectivity index (χ1n) is 21.7. The molecule has 5 aromatic rings. The highest BCUT2D eigenvalue weighted by atomic mass is 16.5. The van der Waals surface area contributed by atoms with Gasteiger partial charge in [0, 0.05) is 42.2 Å². The highest BCUT2D eigenvalue weighted by molar-refractivity contribution is 6.13. The third-order valence-corrected chi connectivity index (χ3v) is 12.2. The largest absolute Gasteiger partial charge is 0.493 e. The fourth-order valence-electron chi connectivity index (χ4n) is 8.89. The van der Waals surface area contributed by atoms with Crippen LogP contribution in [0.3, 0.4) is 0 Å². The van der Waals surface area contributed by atoms with E-state index >= 15 is 0 Å². The second kappa shape index (κ2) is 17.9. The second-order valence-corrected chi connectivity index (χ2v) is 16.5. The zero-order valence-corrected chi connectivity index (χ0v) is 36.8. The first-order chi connectivity index (χ1) is 31.5. The second-order valence-electron chi connectivity index (χ2n) is 16.5. The lowest BCUT2D eigenvalue weighted by molar-refractivity contribution is -0.127. The summed E-state index contributed by atoms with van der Waals surface area (Å²) in [6, 6.07) is 29.5. The molecule has 4 N–H and O–H groups in total. The highest BCUT2D eigenvalue weighted by Crippen LogP contribution is 2.43. The van der Waals surface area contributed by atoms with E-state index < -0.39 is 18.0 Å². The topological polar surface area (TPSA) is 164 Å². The van der Waals surface area contributed by atoms with Gasteiger partial charge >= 0.3 is 11.8 Å². The number of anilines is 4. The summed E-state index contributed by atoms with van der Waals surface area (Å²) in [5.41, 5.74) is 7.62. The Labute approximate surface area is 376 Å². The Morgan fingerprint density at radius 3 is 2.05 bits per heavy atom. The van der Waals surface area contributed by atoms with Gasteiger partial charge in [0.15, 0.2) is 29.0 Å². The molecule has 0 spiro atoms. The number of benzene rings is 5. The van der Waals surface area contributed by atoms with E-state index in [-0.39, 0.29) is 43.0 Å². The molecule has 15 nitrogen and oxygen atoms in total. The number of rotatable bonds is 14. The predicted molar refractivity (Wildman–Crippen MR) is 247 cm³/mol. The number of likely N-dealkylation sites (N-methyl/N-ethyl adjacent to an activating group) is 1. The number of carbonyl (C=O) groups excluding carboxylic acids is 4. The molecule has 15 heteroatoms. The molecule has 0 fully saturated rings. The molecule has 0 aliphatic carbocycles. The summed E-state index contributed by atoms with van der Waals surface area (Å²) in [4.78, 5) is 62.5. The van der Waals surface area contributed by atoms with Crippen molar-refractivity contribution in [1.82, 2.24) is 10.6 Å². The van der Waals surface area contributed by atoms with Crippen molar-refractivity contribution in [2.75, 3.05) is 47.7 Å². The van der Waals surface area contributed by atoms with Gasteiger partial charge in [-0.15, -0.1) is 0 Å². The smallest absolute Gasteiger partial charge is 0.357 e. The number of carbonyl (C=O) groups is 4. The lowest BCUT2D eigenvalue weighted by Crippen LogP contribution is -2.49. The van der Waals surface area contributed by atoms with Crippen LogP contribution in [0.4, 0.5) is 28.4 Å². The molecule has 9 rings (SSSR count). The molecule has 0 saturated heterocycles. The van der Waals surface area contributed by atoms with Gasteiger partial charge in [0.25, 0.3) is 11.8 Å². The number of methoxy groups -OCH3 is 2. The van der Waals surface area contributed by atoms with E-state index in [2.05, 4.69) is 38.2 Å². The van der Waals surface area contributed by atoms with E-state index in [1.165, 1.54) is 14.2 Å². The van der Waals surface area contributed by atoms with Crippen molar-refractivity contribution >= 4 is 52.1 Å². The first-order valence-corrected chi connectivity index (χ1v) is 21.7. The molecular formula is C50H50N7O8+. The molecule has 5 aromatic carbocycles. The van der Waals surface area contributed by atoms with Crippen LogP contribution < -0.4 is 50.0 Å². The summed E-state index contributed by atoms with van der Waals surface area (Å²) in [5, 5.41) is 12.2. The number of nitrogens with zero attached hydrogens (tertiary/aromatic N) is 3. The van der Waals surface area contributed by atoms with Gasteiger partial charge in [-0.2, -0.15) is 0 Å². The number of fused-ring (bicyclic) bond motifs is 8. The molecule has 0 aromatic heterocycles. The molecule has 65 heavy (non-hydrogen) atoms. The van der Waals surface area contributed by atoms with Gasteiger partial charge in [-0.1, -0.05) is 43.3 Å². The Balaban J connectivity index is 0.975. The minimum atomic E-state index is -0.847. The van der Waals surface area contributed by atoms with Gasteiger partial charge in [-0.3, -0.25) is 24.1 Å². The van der Waals surface area contributed by atoms with Gasteiger partial charge < -0.3 is 45.1 Å². The molecule has 4 aliphatic rings. The molecule has 4 aliphatic heterocycles. The summed E-state index contributed by atoms with van der Waals surface area (Å²) in [6.45, 7) is 6.48. The van der Waals surface area contributed by atoms with E-state index in [1.54, 1.807) is 55.1 Å².